The second-order valence-corrected chi connectivity index (χ2v) is 6.30. The Bertz CT molecular complexity index is 670. The predicted molar refractivity (Wildman–Crippen MR) is 93.1 cm³/mol. The lowest BCUT2D eigenvalue weighted by atomic mass is 10.1. The minimum Gasteiger partial charge on any atom is -0.289 e. The van der Waals surface area contributed by atoms with Gasteiger partial charge in [-0.1, -0.05) is 40.9 Å². The molecule has 0 aliphatic heterocycles. The van der Waals surface area contributed by atoms with Gasteiger partial charge < -0.3 is 0 Å². The number of thioether (sulfide) groups is 1. The molecule has 0 atom stereocenters. The first-order valence-electron chi connectivity index (χ1n) is 6.02. The summed E-state index contributed by atoms with van der Waals surface area (Å²) in [5.41, 5.74) is 1.36. The Morgan fingerprint density at radius 3 is 2.14 bits per heavy atom. The van der Waals surface area contributed by atoms with Crippen molar-refractivity contribution in [2.24, 2.45) is 0 Å². The van der Waals surface area contributed by atoms with Crippen molar-refractivity contribution in [2.75, 3.05) is 6.26 Å². The maximum Gasteiger partial charge on any atom is 0.185 e. The lowest BCUT2D eigenvalue weighted by Gasteiger charge is -2.01. The van der Waals surface area contributed by atoms with Crippen LogP contribution in [0.4, 0.5) is 0 Å². The Hall–Kier alpha value is -0.930. The van der Waals surface area contributed by atoms with Gasteiger partial charge in [0.1, 0.15) is 0 Å². The number of hydrogen-bond acceptors (Lipinski definition) is 2. The molecule has 0 saturated heterocycles. The lowest BCUT2D eigenvalue weighted by Crippen LogP contribution is -1.93. The molecule has 0 fully saturated rings. The number of rotatable bonds is 4. The average Bonchev–Trinajstić information content (AvgIpc) is 2.50. The molecule has 5 heteroatoms. The molecule has 2 rings (SSSR count). The molecular weight excluding hydrogens is 347 g/mol. The van der Waals surface area contributed by atoms with E-state index in [2.05, 4.69) is 0 Å². The van der Waals surface area contributed by atoms with Crippen molar-refractivity contribution in [1.82, 2.24) is 0 Å². The molecule has 2 aromatic carbocycles. The van der Waals surface area contributed by atoms with Gasteiger partial charge in [-0.15, -0.1) is 11.8 Å². The maximum atomic E-state index is 12.1. The molecule has 1 nitrogen and oxygen atoms in total. The van der Waals surface area contributed by atoms with Crippen LogP contribution in [0.1, 0.15) is 15.9 Å². The summed E-state index contributed by atoms with van der Waals surface area (Å²) in [5.74, 6) is -0.0788. The van der Waals surface area contributed by atoms with Crippen LogP contribution in [-0.2, 0) is 0 Å². The summed E-state index contributed by atoms with van der Waals surface area (Å²) in [4.78, 5) is 13.2. The van der Waals surface area contributed by atoms with Crippen LogP contribution >= 0.6 is 46.6 Å². The average molecular weight is 358 g/mol. The summed E-state index contributed by atoms with van der Waals surface area (Å²) in [6, 6.07) is 10.8. The smallest absolute Gasteiger partial charge is 0.185 e. The van der Waals surface area contributed by atoms with Crippen LogP contribution in [0, 0.1) is 0 Å². The van der Waals surface area contributed by atoms with Gasteiger partial charge in [0.15, 0.2) is 5.78 Å². The Morgan fingerprint density at radius 2 is 1.62 bits per heavy atom. The van der Waals surface area contributed by atoms with E-state index in [4.69, 9.17) is 34.8 Å². The quantitative estimate of drug-likeness (QED) is 0.278. The van der Waals surface area contributed by atoms with E-state index in [9.17, 15) is 4.79 Å². The van der Waals surface area contributed by atoms with E-state index in [-0.39, 0.29) is 5.78 Å². The molecule has 0 unspecified atom stereocenters. The highest BCUT2D eigenvalue weighted by Gasteiger charge is 2.05. The van der Waals surface area contributed by atoms with Gasteiger partial charge in [0.05, 0.1) is 15.1 Å². The van der Waals surface area contributed by atoms with E-state index in [1.165, 1.54) is 6.08 Å². The second kappa shape index (κ2) is 7.37. The molecule has 0 aromatic heterocycles. The molecule has 108 valence electrons. The highest BCUT2D eigenvalue weighted by atomic mass is 35.5. The fourth-order valence-corrected chi connectivity index (χ4v) is 2.72. The Morgan fingerprint density at radius 1 is 1.05 bits per heavy atom. The first-order chi connectivity index (χ1) is 10.0. The number of halogens is 3. The van der Waals surface area contributed by atoms with Gasteiger partial charge in [0.25, 0.3) is 0 Å². The molecule has 0 heterocycles. The van der Waals surface area contributed by atoms with Gasteiger partial charge in [-0.3, -0.25) is 4.79 Å². The van der Waals surface area contributed by atoms with Gasteiger partial charge in [0.2, 0.25) is 0 Å². The fourth-order valence-electron chi connectivity index (χ4n) is 1.69. The zero-order chi connectivity index (χ0) is 15.4. The first kappa shape index (κ1) is 16.4. The SMILES string of the molecule is CSc1ccc(C(=O)C=Cc2cc(Cl)c(Cl)c(Cl)c2)cc1. The van der Waals surface area contributed by atoms with Crippen molar-refractivity contribution in [2.45, 2.75) is 4.90 Å². The third kappa shape index (κ3) is 4.27. The van der Waals surface area contributed by atoms with E-state index in [0.29, 0.717) is 20.6 Å². The largest absolute Gasteiger partial charge is 0.289 e. The molecular formula is C16H11Cl3OS. The van der Waals surface area contributed by atoms with Crippen molar-refractivity contribution < 1.29 is 4.79 Å². The van der Waals surface area contributed by atoms with Gasteiger partial charge >= 0.3 is 0 Å². The summed E-state index contributed by atoms with van der Waals surface area (Å²) in [6.45, 7) is 0. The molecule has 0 saturated carbocycles. The van der Waals surface area contributed by atoms with Gasteiger partial charge in [0, 0.05) is 10.5 Å². The number of carbonyl (C=O) groups is 1. The van der Waals surface area contributed by atoms with Crippen LogP contribution in [0.5, 0.6) is 0 Å². The van der Waals surface area contributed by atoms with E-state index >= 15 is 0 Å². The van der Waals surface area contributed by atoms with Crippen LogP contribution in [0.3, 0.4) is 0 Å². The van der Waals surface area contributed by atoms with E-state index in [0.717, 1.165) is 10.5 Å². The molecule has 21 heavy (non-hydrogen) atoms. The number of carbonyl (C=O) groups excluding carboxylic acids is 1. The third-order valence-corrected chi connectivity index (χ3v) is 4.75. The molecule has 2 aromatic rings. The molecule has 0 radical (unpaired) electrons. The van der Waals surface area contributed by atoms with Crippen molar-refractivity contribution in [3.8, 4) is 0 Å². The Balaban J connectivity index is 2.18. The van der Waals surface area contributed by atoms with Crippen LogP contribution in [0.15, 0.2) is 47.4 Å². The van der Waals surface area contributed by atoms with E-state index in [1.54, 1.807) is 42.1 Å². The number of allylic oxidation sites excluding steroid dienone is 1. The summed E-state index contributed by atoms with van der Waals surface area (Å²) >= 11 is 19.4. The third-order valence-electron chi connectivity index (χ3n) is 2.81. The molecule has 0 spiro atoms. The predicted octanol–water partition coefficient (Wildman–Crippen LogP) is 6.26. The molecule has 0 aliphatic rings. The minimum atomic E-state index is -0.0788. The zero-order valence-corrected chi connectivity index (χ0v) is 14.2. The van der Waals surface area contributed by atoms with E-state index < -0.39 is 0 Å². The minimum absolute atomic E-state index is 0.0788. The monoisotopic (exact) mass is 356 g/mol. The molecule has 0 aliphatic carbocycles. The molecule has 0 bridgehead atoms. The van der Waals surface area contributed by atoms with E-state index in [1.807, 2.05) is 18.4 Å². The van der Waals surface area contributed by atoms with Crippen molar-refractivity contribution in [1.29, 1.82) is 0 Å². The zero-order valence-electron chi connectivity index (χ0n) is 11.1. The lowest BCUT2D eigenvalue weighted by molar-refractivity contribution is 0.104. The normalized spacial score (nSPS) is 11.0. The number of ketones is 1. The first-order valence-corrected chi connectivity index (χ1v) is 8.38. The van der Waals surface area contributed by atoms with Gasteiger partial charge in [-0.05, 0) is 54.3 Å². The summed E-state index contributed by atoms with van der Waals surface area (Å²) < 4.78 is 0. The standard InChI is InChI=1S/C16H11Cl3OS/c1-21-12-5-3-11(4-6-12)15(20)7-2-10-8-13(17)16(19)14(18)9-10/h2-9H,1H3. The Kier molecular flexibility index (Phi) is 5.77. The van der Waals surface area contributed by atoms with Crippen LogP contribution in [-0.4, -0.2) is 12.0 Å². The number of hydrogen-bond donors (Lipinski definition) is 0. The van der Waals surface area contributed by atoms with Crippen LogP contribution in [0.2, 0.25) is 15.1 Å². The van der Waals surface area contributed by atoms with Gasteiger partial charge in [-0.2, -0.15) is 0 Å². The number of benzene rings is 2. The van der Waals surface area contributed by atoms with Crippen LogP contribution in [0.25, 0.3) is 6.08 Å². The van der Waals surface area contributed by atoms with Crippen molar-refractivity contribution in [3.63, 3.8) is 0 Å². The van der Waals surface area contributed by atoms with Gasteiger partial charge in [-0.25, -0.2) is 0 Å². The maximum absolute atomic E-state index is 12.1. The Labute approximate surface area is 142 Å². The highest BCUT2D eigenvalue weighted by Crippen LogP contribution is 2.31. The molecule has 0 amide bonds. The second-order valence-electron chi connectivity index (χ2n) is 4.22. The topological polar surface area (TPSA) is 17.1 Å². The fraction of sp³-hybridized carbons (Fsp3) is 0.0625. The van der Waals surface area contributed by atoms with Crippen LogP contribution < -0.4 is 0 Å². The van der Waals surface area contributed by atoms with Crippen molar-refractivity contribution >= 4 is 58.4 Å². The highest BCUT2D eigenvalue weighted by molar-refractivity contribution is 7.98. The summed E-state index contributed by atoms with van der Waals surface area (Å²) in [5, 5.41) is 1.04. The molecule has 0 N–H and O–H groups in total. The summed E-state index contributed by atoms with van der Waals surface area (Å²) in [6.07, 6.45) is 5.15. The summed E-state index contributed by atoms with van der Waals surface area (Å²) in [7, 11) is 0. The van der Waals surface area contributed by atoms with Crippen molar-refractivity contribution in [3.05, 3.63) is 68.7 Å².